The zero-order chi connectivity index (χ0) is 13.7. The first-order valence-corrected chi connectivity index (χ1v) is 6.12. The van der Waals surface area contributed by atoms with Crippen LogP contribution >= 0.6 is 0 Å². The summed E-state index contributed by atoms with van der Waals surface area (Å²) in [6.45, 7) is 2.56. The monoisotopic (exact) mass is 256 g/mol. The first kappa shape index (κ1) is 13.1. The highest BCUT2D eigenvalue weighted by atomic mass is 16.5. The molecule has 2 aromatic carbocycles. The summed E-state index contributed by atoms with van der Waals surface area (Å²) in [6, 6.07) is 15.3. The van der Waals surface area contributed by atoms with Crippen LogP contribution in [0.1, 0.15) is 16.7 Å². The molecule has 2 rings (SSSR count). The Labute approximate surface area is 112 Å². The molecule has 0 aliphatic carbocycles. The largest absolute Gasteiger partial charge is 0.489 e. The van der Waals surface area contributed by atoms with Crippen molar-refractivity contribution in [2.75, 3.05) is 0 Å². The van der Waals surface area contributed by atoms with E-state index in [0.717, 1.165) is 16.9 Å². The molecule has 0 aliphatic heterocycles. The molecule has 0 heterocycles. The molecule has 3 heteroatoms. The van der Waals surface area contributed by atoms with Crippen LogP contribution in [0.3, 0.4) is 0 Å². The number of carboxylic acid groups (broad SMARTS) is 1. The van der Waals surface area contributed by atoms with Crippen LogP contribution in [0.25, 0.3) is 0 Å². The highest BCUT2D eigenvalue weighted by Crippen LogP contribution is 2.15. The third-order valence-electron chi connectivity index (χ3n) is 2.80. The SMILES string of the molecule is Cc1ccc(COc2ccc(CC(=O)O)cc2)cc1. The van der Waals surface area contributed by atoms with E-state index in [1.807, 2.05) is 19.1 Å². The van der Waals surface area contributed by atoms with Gasteiger partial charge in [-0.15, -0.1) is 0 Å². The van der Waals surface area contributed by atoms with Crippen LogP contribution < -0.4 is 4.74 Å². The lowest BCUT2D eigenvalue weighted by Gasteiger charge is -2.07. The van der Waals surface area contributed by atoms with Crippen molar-refractivity contribution in [1.29, 1.82) is 0 Å². The molecule has 0 aromatic heterocycles. The Morgan fingerprint density at radius 2 is 1.58 bits per heavy atom. The summed E-state index contributed by atoms with van der Waals surface area (Å²) in [5.74, 6) is -0.0805. The van der Waals surface area contributed by atoms with Crippen LogP contribution in [-0.4, -0.2) is 11.1 Å². The van der Waals surface area contributed by atoms with Crippen LogP contribution in [0, 0.1) is 6.92 Å². The quantitative estimate of drug-likeness (QED) is 0.893. The van der Waals surface area contributed by atoms with Crippen molar-refractivity contribution in [2.24, 2.45) is 0 Å². The van der Waals surface area contributed by atoms with E-state index in [9.17, 15) is 4.79 Å². The lowest BCUT2D eigenvalue weighted by molar-refractivity contribution is -0.136. The molecule has 0 saturated heterocycles. The fourth-order valence-corrected chi connectivity index (χ4v) is 1.73. The maximum absolute atomic E-state index is 10.6. The number of carbonyl (C=O) groups is 1. The zero-order valence-electron chi connectivity index (χ0n) is 10.8. The molecule has 2 aromatic rings. The van der Waals surface area contributed by atoms with Crippen molar-refractivity contribution in [1.82, 2.24) is 0 Å². The second-order valence-electron chi connectivity index (χ2n) is 4.49. The first-order chi connectivity index (χ1) is 9.13. The number of rotatable bonds is 5. The number of hydrogen-bond donors (Lipinski definition) is 1. The van der Waals surface area contributed by atoms with Crippen LogP contribution in [0.2, 0.25) is 0 Å². The minimum Gasteiger partial charge on any atom is -0.489 e. The Morgan fingerprint density at radius 3 is 2.16 bits per heavy atom. The lowest BCUT2D eigenvalue weighted by atomic mass is 10.1. The molecule has 19 heavy (non-hydrogen) atoms. The topological polar surface area (TPSA) is 46.5 Å². The van der Waals surface area contributed by atoms with Crippen LogP contribution in [0.4, 0.5) is 0 Å². The molecule has 0 atom stereocenters. The van der Waals surface area contributed by atoms with Crippen molar-refractivity contribution >= 4 is 5.97 Å². The van der Waals surface area contributed by atoms with E-state index >= 15 is 0 Å². The second kappa shape index (κ2) is 6.05. The standard InChI is InChI=1S/C16H16O3/c1-12-2-4-14(5-3-12)11-19-15-8-6-13(7-9-15)10-16(17)18/h2-9H,10-11H2,1H3,(H,17,18). The fourth-order valence-electron chi connectivity index (χ4n) is 1.73. The molecule has 0 spiro atoms. The Morgan fingerprint density at radius 1 is 1.00 bits per heavy atom. The number of aryl methyl sites for hydroxylation is 1. The number of benzene rings is 2. The summed E-state index contributed by atoms with van der Waals surface area (Å²) in [4.78, 5) is 10.6. The van der Waals surface area contributed by atoms with Gasteiger partial charge in [-0.05, 0) is 30.2 Å². The molecule has 0 fully saturated rings. The molecular formula is C16H16O3. The van der Waals surface area contributed by atoms with Crippen molar-refractivity contribution in [2.45, 2.75) is 20.0 Å². The van der Waals surface area contributed by atoms with Crippen molar-refractivity contribution in [3.63, 3.8) is 0 Å². The highest BCUT2D eigenvalue weighted by molar-refractivity contribution is 5.70. The van der Waals surface area contributed by atoms with Crippen LogP contribution in [0.5, 0.6) is 5.75 Å². The molecule has 3 nitrogen and oxygen atoms in total. The van der Waals surface area contributed by atoms with Gasteiger partial charge in [0, 0.05) is 0 Å². The molecule has 0 radical (unpaired) electrons. The maximum atomic E-state index is 10.6. The van der Waals surface area contributed by atoms with Crippen LogP contribution in [0.15, 0.2) is 48.5 Å². The molecule has 0 aliphatic rings. The van der Waals surface area contributed by atoms with Gasteiger partial charge in [-0.25, -0.2) is 0 Å². The van der Waals surface area contributed by atoms with Gasteiger partial charge in [-0.2, -0.15) is 0 Å². The molecule has 0 unspecified atom stereocenters. The van der Waals surface area contributed by atoms with Crippen molar-refractivity contribution < 1.29 is 14.6 Å². The van der Waals surface area contributed by atoms with E-state index in [1.165, 1.54) is 5.56 Å². The van der Waals surface area contributed by atoms with E-state index in [1.54, 1.807) is 24.3 Å². The van der Waals surface area contributed by atoms with E-state index in [0.29, 0.717) is 6.61 Å². The maximum Gasteiger partial charge on any atom is 0.307 e. The van der Waals surface area contributed by atoms with Crippen molar-refractivity contribution in [3.05, 3.63) is 65.2 Å². The highest BCUT2D eigenvalue weighted by Gasteiger charge is 2.01. The third kappa shape index (κ3) is 4.14. The third-order valence-corrected chi connectivity index (χ3v) is 2.80. The van der Waals surface area contributed by atoms with E-state index in [2.05, 4.69) is 12.1 Å². The molecule has 1 N–H and O–H groups in total. The van der Waals surface area contributed by atoms with Gasteiger partial charge in [0.05, 0.1) is 6.42 Å². The smallest absolute Gasteiger partial charge is 0.307 e. The van der Waals surface area contributed by atoms with E-state index in [-0.39, 0.29) is 6.42 Å². The Balaban J connectivity index is 1.92. The van der Waals surface area contributed by atoms with Crippen LogP contribution in [-0.2, 0) is 17.8 Å². The molecule has 98 valence electrons. The van der Waals surface area contributed by atoms with Gasteiger partial charge in [-0.1, -0.05) is 42.0 Å². The minimum absolute atomic E-state index is 0.0399. The fraction of sp³-hybridized carbons (Fsp3) is 0.188. The summed E-state index contributed by atoms with van der Waals surface area (Å²) < 4.78 is 5.64. The summed E-state index contributed by atoms with van der Waals surface area (Å²) >= 11 is 0. The summed E-state index contributed by atoms with van der Waals surface area (Å²) in [7, 11) is 0. The van der Waals surface area contributed by atoms with Gasteiger partial charge in [0.15, 0.2) is 0 Å². The van der Waals surface area contributed by atoms with E-state index in [4.69, 9.17) is 9.84 Å². The zero-order valence-corrected chi connectivity index (χ0v) is 10.8. The predicted molar refractivity (Wildman–Crippen MR) is 73.3 cm³/mol. The van der Waals surface area contributed by atoms with Gasteiger partial charge < -0.3 is 9.84 Å². The molecule has 0 bridgehead atoms. The Kier molecular flexibility index (Phi) is 4.18. The Bertz CT molecular complexity index is 541. The molecule has 0 amide bonds. The van der Waals surface area contributed by atoms with Crippen molar-refractivity contribution in [3.8, 4) is 5.75 Å². The number of hydrogen-bond acceptors (Lipinski definition) is 2. The summed E-state index contributed by atoms with van der Waals surface area (Å²) in [5, 5.41) is 8.68. The lowest BCUT2D eigenvalue weighted by Crippen LogP contribution is -2.00. The number of ether oxygens (including phenoxy) is 1. The normalized spacial score (nSPS) is 10.2. The minimum atomic E-state index is -0.826. The number of carboxylic acids is 1. The van der Waals surface area contributed by atoms with Gasteiger partial charge in [0.25, 0.3) is 0 Å². The second-order valence-corrected chi connectivity index (χ2v) is 4.49. The Hall–Kier alpha value is -2.29. The van der Waals surface area contributed by atoms with Gasteiger partial charge >= 0.3 is 5.97 Å². The van der Waals surface area contributed by atoms with E-state index < -0.39 is 5.97 Å². The van der Waals surface area contributed by atoms with Gasteiger partial charge in [0.2, 0.25) is 0 Å². The average molecular weight is 256 g/mol. The van der Waals surface area contributed by atoms with Gasteiger partial charge in [-0.3, -0.25) is 4.79 Å². The summed E-state index contributed by atoms with van der Waals surface area (Å²) in [6.07, 6.45) is 0.0399. The predicted octanol–water partition coefficient (Wildman–Crippen LogP) is 3.20. The molecule has 0 saturated carbocycles. The first-order valence-electron chi connectivity index (χ1n) is 6.12. The summed E-state index contributed by atoms with van der Waals surface area (Å²) in [5.41, 5.74) is 3.11. The molecular weight excluding hydrogens is 240 g/mol. The average Bonchev–Trinajstić information content (AvgIpc) is 2.39. The number of aliphatic carboxylic acids is 1. The van der Waals surface area contributed by atoms with Gasteiger partial charge in [0.1, 0.15) is 12.4 Å².